The van der Waals surface area contributed by atoms with Crippen molar-refractivity contribution in [2.45, 2.75) is 46.2 Å². The number of nitro groups is 1. The van der Waals surface area contributed by atoms with Gasteiger partial charge >= 0.3 is 0 Å². The predicted molar refractivity (Wildman–Crippen MR) is 76.0 cm³/mol. The standard InChI is InChI=1S/C15H22N2O2/c1-10-5-7-14(12(10)3)16-9-13-6-4-11(2)15(8-13)17(18)19/h4,6,8,10,12,14,16H,5,7,9H2,1-3H3. The van der Waals surface area contributed by atoms with Crippen LogP contribution in [0.15, 0.2) is 18.2 Å². The Morgan fingerprint density at radius 2 is 2.11 bits per heavy atom. The van der Waals surface area contributed by atoms with E-state index < -0.39 is 0 Å². The van der Waals surface area contributed by atoms with Crippen molar-refractivity contribution in [2.24, 2.45) is 11.8 Å². The number of hydrogen-bond donors (Lipinski definition) is 1. The van der Waals surface area contributed by atoms with E-state index in [-0.39, 0.29) is 10.6 Å². The molecule has 1 aliphatic rings. The highest BCUT2D eigenvalue weighted by Gasteiger charge is 2.29. The van der Waals surface area contributed by atoms with E-state index in [1.54, 1.807) is 13.0 Å². The van der Waals surface area contributed by atoms with Gasteiger partial charge in [-0.05, 0) is 37.2 Å². The molecule has 1 aromatic carbocycles. The molecule has 0 saturated heterocycles. The van der Waals surface area contributed by atoms with Gasteiger partial charge in [0.1, 0.15) is 0 Å². The number of nitro benzene ring substituents is 1. The Bertz CT molecular complexity index is 473. The molecule has 2 rings (SSSR count). The molecule has 1 saturated carbocycles. The second kappa shape index (κ2) is 5.70. The summed E-state index contributed by atoms with van der Waals surface area (Å²) in [5.41, 5.74) is 1.92. The summed E-state index contributed by atoms with van der Waals surface area (Å²) in [7, 11) is 0. The molecule has 19 heavy (non-hydrogen) atoms. The van der Waals surface area contributed by atoms with Crippen molar-refractivity contribution in [2.75, 3.05) is 0 Å². The third-order valence-electron chi connectivity index (χ3n) is 4.50. The fraction of sp³-hybridized carbons (Fsp3) is 0.600. The number of benzene rings is 1. The molecule has 104 valence electrons. The number of nitrogens with zero attached hydrogens (tertiary/aromatic N) is 1. The largest absolute Gasteiger partial charge is 0.310 e. The van der Waals surface area contributed by atoms with Crippen LogP contribution in [0.4, 0.5) is 5.69 Å². The van der Waals surface area contributed by atoms with Gasteiger partial charge < -0.3 is 5.32 Å². The molecule has 1 aromatic rings. The van der Waals surface area contributed by atoms with Gasteiger partial charge in [-0.1, -0.05) is 26.0 Å². The molecule has 0 aromatic heterocycles. The summed E-state index contributed by atoms with van der Waals surface area (Å²) in [6, 6.07) is 6.02. The first-order valence-electron chi connectivity index (χ1n) is 6.96. The first-order valence-corrected chi connectivity index (χ1v) is 6.96. The lowest BCUT2D eigenvalue weighted by Gasteiger charge is -2.19. The number of rotatable bonds is 4. The van der Waals surface area contributed by atoms with Gasteiger partial charge in [0.15, 0.2) is 0 Å². The highest BCUT2D eigenvalue weighted by atomic mass is 16.6. The molecule has 0 heterocycles. The van der Waals surface area contributed by atoms with E-state index in [9.17, 15) is 10.1 Å². The maximum Gasteiger partial charge on any atom is 0.272 e. The zero-order valence-electron chi connectivity index (χ0n) is 11.8. The predicted octanol–water partition coefficient (Wildman–Crippen LogP) is 3.43. The highest BCUT2D eigenvalue weighted by Crippen LogP contribution is 2.31. The maximum absolute atomic E-state index is 10.9. The van der Waals surface area contributed by atoms with Gasteiger partial charge in [-0.25, -0.2) is 0 Å². The van der Waals surface area contributed by atoms with Crippen molar-refractivity contribution in [3.8, 4) is 0 Å². The van der Waals surface area contributed by atoms with Crippen LogP contribution >= 0.6 is 0 Å². The van der Waals surface area contributed by atoms with Crippen molar-refractivity contribution in [1.82, 2.24) is 5.32 Å². The smallest absolute Gasteiger partial charge is 0.272 e. The molecule has 1 aliphatic carbocycles. The van der Waals surface area contributed by atoms with Gasteiger partial charge in [0.05, 0.1) is 4.92 Å². The lowest BCUT2D eigenvalue weighted by molar-refractivity contribution is -0.385. The van der Waals surface area contributed by atoms with Crippen LogP contribution in [0.3, 0.4) is 0 Å². The average molecular weight is 262 g/mol. The SMILES string of the molecule is Cc1ccc(CNC2CCC(C)C2C)cc1[N+](=O)[O-]. The van der Waals surface area contributed by atoms with E-state index in [4.69, 9.17) is 0 Å². The van der Waals surface area contributed by atoms with Gasteiger partial charge in [-0.2, -0.15) is 0 Å². The molecule has 4 nitrogen and oxygen atoms in total. The fourth-order valence-corrected chi connectivity index (χ4v) is 2.86. The minimum Gasteiger partial charge on any atom is -0.310 e. The summed E-state index contributed by atoms with van der Waals surface area (Å²) in [5, 5.41) is 14.5. The zero-order valence-corrected chi connectivity index (χ0v) is 11.8. The molecule has 0 bridgehead atoms. The van der Waals surface area contributed by atoms with E-state index in [0.29, 0.717) is 18.5 Å². The van der Waals surface area contributed by atoms with Gasteiger partial charge in [0.25, 0.3) is 5.69 Å². The Kier molecular flexibility index (Phi) is 4.20. The second-order valence-corrected chi connectivity index (χ2v) is 5.78. The maximum atomic E-state index is 10.9. The van der Waals surface area contributed by atoms with E-state index in [0.717, 1.165) is 17.0 Å². The van der Waals surface area contributed by atoms with Crippen LogP contribution < -0.4 is 5.32 Å². The lowest BCUT2D eigenvalue weighted by atomic mass is 9.97. The molecule has 0 spiro atoms. The van der Waals surface area contributed by atoms with Crippen LogP contribution in [0.2, 0.25) is 0 Å². The Morgan fingerprint density at radius 3 is 2.68 bits per heavy atom. The number of nitrogens with one attached hydrogen (secondary N) is 1. The average Bonchev–Trinajstić information content (AvgIpc) is 2.69. The third kappa shape index (κ3) is 3.13. The molecule has 3 atom stereocenters. The van der Waals surface area contributed by atoms with Crippen molar-refractivity contribution in [1.29, 1.82) is 0 Å². The molecular formula is C15H22N2O2. The first-order chi connectivity index (χ1) is 8.99. The van der Waals surface area contributed by atoms with Crippen LogP contribution in [0, 0.1) is 28.9 Å². The van der Waals surface area contributed by atoms with Gasteiger partial charge in [-0.3, -0.25) is 10.1 Å². The third-order valence-corrected chi connectivity index (χ3v) is 4.50. The van der Waals surface area contributed by atoms with Gasteiger partial charge in [0.2, 0.25) is 0 Å². The van der Waals surface area contributed by atoms with E-state index in [1.165, 1.54) is 12.8 Å². The van der Waals surface area contributed by atoms with Crippen molar-refractivity contribution in [3.05, 3.63) is 39.4 Å². The molecule has 0 aliphatic heterocycles. The van der Waals surface area contributed by atoms with Crippen LogP contribution in [0.1, 0.15) is 37.8 Å². The Hall–Kier alpha value is -1.42. The Balaban J connectivity index is 2.00. The zero-order chi connectivity index (χ0) is 14.0. The Labute approximate surface area is 114 Å². The van der Waals surface area contributed by atoms with Crippen molar-refractivity contribution >= 4 is 5.69 Å². The Morgan fingerprint density at radius 1 is 1.37 bits per heavy atom. The van der Waals surface area contributed by atoms with Crippen LogP contribution in [0.25, 0.3) is 0 Å². The monoisotopic (exact) mass is 262 g/mol. The minimum atomic E-state index is -0.306. The lowest BCUT2D eigenvalue weighted by Crippen LogP contribution is -2.31. The molecule has 4 heteroatoms. The fourth-order valence-electron chi connectivity index (χ4n) is 2.86. The van der Waals surface area contributed by atoms with E-state index in [2.05, 4.69) is 19.2 Å². The summed E-state index contributed by atoms with van der Waals surface area (Å²) >= 11 is 0. The summed E-state index contributed by atoms with van der Waals surface area (Å²) in [6.45, 7) is 7.06. The van der Waals surface area contributed by atoms with E-state index >= 15 is 0 Å². The molecule has 3 unspecified atom stereocenters. The number of hydrogen-bond acceptors (Lipinski definition) is 3. The highest BCUT2D eigenvalue weighted by molar-refractivity contribution is 5.42. The molecule has 0 radical (unpaired) electrons. The van der Waals surface area contributed by atoms with Crippen molar-refractivity contribution in [3.63, 3.8) is 0 Å². The molecule has 1 fully saturated rings. The quantitative estimate of drug-likeness (QED) is 0.668. The molecule has 1 N–H and O–H groups in total. The van der Waals surface area contributed by atoms with Crippen LogP contribution in [-0.4, -0.2) is 11.0 Å². The summed E-state index contributed by atoms with van der Waals surface area (Å²) < 4.78 is 0. The number of aryl methyl sites for hydroxylation is 1. The van der Waals surface area contributed by atoms with Crippen LogP contribution in [-0.2, 0) is 6.54 Å². The van der Waals surface area contributed by atoms with Crippen LogP contribution in [0.5, 0.6) is 0 Å². The summed E-state index contributed by atoms with van der Waals surface area (Å²) in [6.07, 6.45) is 2.48. The normalized spacial score (nSPS) is 26.6. The summed E-state index contributed by atoms with van der Waals surface area (Å²) in [4.78, 5) is 10.6. The topological polar surface area (TPSA) is 55.2 Å². The van der Waals surface area contributed by atoms with Gasteiger partial charge in [0, 0.05) is 24.2 Å². The molecule has 0 amide bonds. The van der Waals surface area contributed by atoms with Gasteiger partial charge in [-0.15, -0.1) is 0 Å². The summed E-state index contributed by atoms with van der Waals surface area (Å²) in [5.74, 6) is 1.45. The van der Waals surface area contributed by atoms with Crippen molar-refractivity contribution < 1.29 is 4.92 Å². The van der Waals surface area contributed by atoms with E-state index in [1.807, 2.05) is 12.1 Å². The first kappa shape index (κ1) is 14.0. The second-order valence-electron chi connectivity index (χ2n) is 5.78. The minimum absolute atomic E-state index is 0.215. The molecular weight excluding hydrogens is 240 g/mol.